The van der Waals surface area contributed by atoms with Crippen LogP contribution >= 0.6 is 0 Å². The minimum Gasteiger partial charge on any atom is -0.492 e. The Morgan fingerprint density at radius 2 is 2.00 bits per heavy atom. The molecule has 0 amide bonds. The highest BCUT2D eigenvalue weighted by Crippen LogP contribution is 2.28. The van der Waals surface area contributed by atoms with Crippen molar-refractivity contribution in [2.45, 2.75) is 6.92 Å². The van der Waals surface area contributed by atoms with Gasteiger partial charge >= 0.3 is 0 Å². The predicted molar refractivity (Wildman–Crippen MR) is 69.6 cm³/mol. The third-order valence-corrected chi connectivity index (χ3v) is 2.49. The number of rotatable bonds is 3. The Morgan fingerprint density at radius 3 is 2.61 bits per heavy atom. The predicted octanol–water partition coefficient (Wildman–Crippen LogP) is 2.45. The van der Waals surface area contributed by atoms with E-state index in [2.05, 4.69) is 4.98 Å². The van der Waals surface area contributed by atoms with E-state index < -0.39 is 5.82 Å². The summed E-state index contributed by atoms with van der Waals surface area (Å²) in [5, 5.41) is 0. The van der Waals surface area contributed by atoms with E-state index in [-0.39, 0.29) is 5.69 Å². The summed E-state index contributed by atoms with van der Waals surface area (Å²) in [6.07, 6.45) is 1.09. The van der Waals surface area contributed by atoms with Crippen LogP contribution in [0.15, 0.2) is 30.5 Å². The van der Waals surface area contributed by atoms with Gasteiger partial charge in [0.25, 0.3) is 0 Å². The number of benzene rings is 1. The second kappa shape index (κ2) is 4.91. The molecular weight excluding hydrogens is 233 g/mol. The van der Waals surface area contributed by atoms with Gasteiger partial charge in [-0.15, -0.1) is 0 Å². The molecule has 4 nitrogen and oxygen atoms in total. The molecule has 0 aliphatic heterocycles. The van der Waals surface area contributed by atoms with E-state index >= 15 is 0 Å². The molecule has 0 saturated carbocycles. The topological polar surface area (TPSA) is 74.2 Å². The second-order valence-electron chi connectivity index (χ2n) is 3.78. The average molecular weight is 247 g/mol. The lowest BCUT2D eigenvalue weighted by molar-refractivity contribution is 0.342. The van der Waals surface area contributed by atoms with Gasteiger partial charge in [0.15, 0.2) is 5.82 Å². The maximum Gasteiger partial charge on any atom is 0.164 e. The molecule has 0 fully saturated rings. The number of nitrogens with zero attached hydrogens (tertiary/aromatic N) is 1. The molecule has 18 heavy (non-hydrogen) atoms. The van der Waals surface area contributed by atoms with E-state index in [1.54, 1.807) is 18.2 Å². The minimum atomic E-state index is -0.530. The third-order valence-electron chi connectivity index (χ3n) is 2.49. The summed E-state index contributed by atoms with van der Waals surface area (Å²) in [5.74, 6) is 0.0917. The lowest BCUT2D eigenvalue weighted by Crippen LogP contribution is -1.98. The lowest BCUT2D eigenvalue weighted by Gasteiger charge is -2.09. The van der Waals surface area contributed by atoms with Gasteiger partial charge in [-0.25, -0.2) is 4.39 Å². The van der Waals surface area contributed by atoms with Crippen LogP contribution in [0, 0.1) is 5.82 Å². The molecule has 0 saturated heterocycles. The Hall–Kier alpha value is -2.30. The molecule has 2 rings (SSSR count). The fraction of sp³-hybridized carbons (Fsp3) is 0.154. The van der Waals surface area contributed by atoms with Gasteiger partial charge in [0.1, 0.15) is 5.75 Å². The van der Waals surface area contributed by atoms with Crippen molar-refractivity contribution in [3.05, 3.63) is 36.3 Å². The second-order valence-corrected chi connectivity index (χ2v) is 3.78. The number of nitrogen functional groups attached to an aromatic ring is 2. The van der Waals surface area contributed by atoms with Crippen LogP contribution in [0.3, 0.4) is 0 Å². The number of ether oxygens (including phenoxy) is 1. The molecule has 2 aromatic rings. The molecule has 0 unspecified atom stereocenters. The number of anilines is 2. The Bertz CT molecular complexity index is 572. The molecule has 0 radical (unpaired) electrons. The third kappa shape index (κ3) is 2.34. The van der Waals surface area contributed by atoms with E-state index in [1.165, 1.54) is 6.07 Å². The summed E-state index contributed by atoms with van der Waals surface area (Å²) in [6, 6.07) is 6.77. The van der Waals surface area contributed by atoms with Crippen molar-refractivity contribution in [1.29, 1.82) is 0 Å². The van der Waals surface area contributed by atoms with Crippen LogP contribution in [0.1, 0.15) is 6.92 Å². The normalized spacial score (nSPS) is 10.3. The van der Waals surface area contributed by atoms with Crippen LogP contribution in [-0.4, -0.2) is 11.6 Å². The summed E-state index contributed by atoms with van der Waals surface area (Å²) in [6.45, 7) is 2.43. The van der Waals surface area contributed by atoms with Crippen molar-refractivity contribution in [3.8, 4) is 17.0 Å². The first-order valence-electron chi connectivity index (χ1n) is 5.55. The van der Waals surface area contributed by atoms with Crippen LogP contribution in [0.4, 0.5) is 15.8 Å². The number of hydrogen-bond donors (Lipinski definition) is 2. The van der Waals surface area contributed by atoms with Crippen molar-refractivity contribution in [2.75, 3.05) is 18.1 Å². The van der Waals surface area contributed by atoms with Gasteiger partial charge in [0, 0.05) is 5.56 Å². The van der Waals surface area contributed by atoms with Crippen LogP contribution in [0.5, 0.6) is 5.75 Å². The van der Waals surface area contributed by atoms with E-state index in [0.29, 0.717) is 23.7 Å². The van der Waals surface area contributed by atoms with Crippen molar-refractivity contribution < 1.29 is 9.13 Å². The van der Waals surface area contributed by atoms with Gasteiger partial charge in [-0.3, -0.25) is 4.98 Å². The summed E-state index contributed by atoms with van der Waals surface area (Å²) in [7, 11) is 0. The van der Waals surface area contributed by atoms with Crippen LogP contribution in [-0.2, 0) is 0 Å². The monoisotopic (exact) mass is 247 g/mol. The minimum absolute atomic E-state index is 0.0625. The summed E-state index contributed by atoms with van der Waals surface area (Å²) in [4.78, 5) is 3.97. The SMILES string of the molecule is CCOc1ccc(-c2cc(N)c(F)cn2)cc1N. The van der Waals surface area contributed by atoms with Crippen LogP contribution < -0.4 is 16.2 Å². The van der Waals surface area contributed by atoms with Gasteiger partial charge in [0.2, 0.25) is 0 Å². The first kappa shape index (κ1) is 12.2. The Balaban J connectivity index is 2.39. The number of pyridine rings is 1. The standard InChI is InChI=1S/C13H14FN3O/c1-2-18-13-4-3-8(5-11(13)16)12-6-10(15)9(14)7-17-12/h3-7H,2,16H2,1H3,(H2,15,17). The highest BCUT2D eigenvalue weighted by molar-refractivity contribution is 5.70. The molecule has 1 heterocycles. The number of hydrogen-bond acceptors (Lipinski definition) is 4. The van der Waals surface area contributed by atoms with Crippen molar-refractivity contribution in [2.24, 2.45) is 0 Å². The molecule has 0 spiro atoms. The van der Waals surface area contributed by atoms with Crippen molar-refractivity contribution in [1.82, 2.24) is 4.98 Å². The molecule has 1 aromatic heterocycles. The molecule has 0 bridgehead atoms. The van der Waals surface area contributed by atoms with Crippen molar-refractivity contribution in [3.63, 3.8) is 0 Å². The van der Waals surface area contributed by atoms with E-state index in [0.717, 1.165) is 11.8 Å². The zero-order valence-corrected chi connectivity index (χ0v) is 9.98. The van der Waals surface area contributed by atoms with E-state index in [1.807, 2.05) is 6.92 Å². The maximum atomic E-state index is 13.0. The van der Waals surface area contributed by atoms with E-state index in [9.17, 15) is 4.39 Å². The van der Waals surface area contributed by atoms with Crippen LogP contribution in [0.25, 0.3) is 11.3 Å². The first-order valence-corrected chi connectivity index (χ1v) is 5.55. The molecule has 0 aliphatic rings. The number of aromatic nitrogens is 1. The zero-order valence-electron chi connectivity index (χ0n) is 9.98. The molecule has 0 atom stereocenters. The zero-order chi connectivity index (χ0) is 13.1. The van der Waals surface area contributed by atoms with Gasteiger partial charge in [-0.2, -0.15) is 0 Å². The van der Waals surface area contributed by atoms with Gasteiger partial charge in [0.05, 0.1) is 29.9 Å². The number of halogens is 1. The fourth-order valence-corrected chi connectivity index (χ4v) is 1.61. The van der Waals surface area contributed by atoms with E-state index in [4.69, 9.17) is 16.2 Å². The summed E-state index contributed by atoms with van der Waals surface area (Å²) in [5.41, 5.74) is 13.3. The Kier molecular flexibility index (Phi) is 3.32. The quantitative estimate of drug-likeness (QED) is 0.817. The Labute approximate surface area is 104 Å². The highest BCUT2D eigenvalue weighted by Gasteiger charge is 2.07. The molecule has 94 valence electrons. The van der Waals surface area contributed by atoms with Gasteiger partial charge in [-0.1, -0.05) is 0 Å². The molecule has 1 aromatic carbocycles. The molecule has 4 N–H and O–H groups in total. The first-order chi connectivity index (χ1) is 8.61. The molecular formula is C13H14FN3O. The Morgan fingerprint density at radius 1 is 1.22 bits per heavy atom. The summed E-state index contributed by atoms with van der Waals surface area (Å²) < 4.78 is 18.4. The van der Waals surface area contributed by atoms with Crippen molar-refractivity contribution >= 4 is 11.4 Å². The van der Waals surface area contributed by atoms with Crippen LogP contribution in [0.2, 0.25) is 0 Å². The highest BCUT2D eigenvalue weighted by atomic mass is 19.1. The largest absolute Gasteiger partial charge is 0.492 e. The maximum absolute atomic E-state index is 13.0. The molecule has 5 heteroatoms. The lowest BCUT2D eigenvalue weighted by atomic mass is 10.1. The average Bonchev–Trinajstić information content (AvgIpc) is 2.35. The number of nitrogens with two attached hydrogens (primary N) is 2. The smallest absolute Gasteiger partial charge is 0.164 e. The summed E-state index contributed by atoms with van der Waals surface area (Å²) >= 11 is 0. The fourth-order valence-electron chi connectivity index (χ4n) is 1.61. The van der Waals surface area contributed by atoms with Gasteiger partial charge < -0.3 is 16.2 Å². The molecule has 0 aliphatic carbocycles. The van der Waals surface area contributed by atoms with Gasteiger partial charge in [-0.05, 0) is 31.2 Å².